The summed E-state index contributed by atoms with van der Waals surface area (Å²) in [5, 5.41) is 0. The summed E-state index contributed by atoms with van der Waals surface area (Å²) >= 11 is 0. The molecule has 0 aliphatic carbocycles. The number of nitrogens with zero attached hydrogens (tertiary/aromatic N) is 4. The predicted octanol–water partition coefficient (Wildman–Crippen LogP) is 2.02. The number of hydrogen-bond donors (Lipinski definition) is 0. The first-order valence-corrected chi connectivity index (χ1v) is 13.8. The van der Waals surface area contributed by atoms with Gasteiger partial charge in [-0.25, -0.2) is 8.42 Å². The van der Waals surface area contributed by atoms with E-state index < -0.39 is 10.0 Å². The number of rotatable bonds is 5. The molecule has 0 saturated carbocycles. The van der Waals surface area contributed by atoms with Crippen molar-refractivity contribution in [1.29, 1.82) is 0 Å². The van der Waals surface area contributed by atoms with Gasteiger partial charge >= 0.3 is 0 Å². The Labute approximate surface area is 197 Å². The van der Waals surface area contributed by atoms with E-state index in [2.05, 4.69) is 4.90 Å². The molecule has 3 aliphatic heterocycles. The number of benzene rings is 1. The van der Waals surface area contributed by atoms with Crippen LogP contribution in [0.25, 0.3) is 0 Å². The first-order chi connectivity index (χ1) is 15.9. The predicted molar refractivity (Wildman–Crippen MR) is 126 cm³/mol. The van der Waals surface area contributed by atoms with Crippen LogP contribution >= 0.6 is 0 Å². The van der Waals surface area contributed by atoms with Gasteiger partial charge < -0.3 is 9.80 Å². The maximum Gasteiger partial charge on any atom is 0.253 e. The van der Waals surface area contributed by atoms with Gasteiger partial charge in [0.05, 0.1) is 11.4 Å². The lowest BCUT2D eigenvalue weighted by Gasteiger charge is -2.36. The lowest BCUT2D eigenvalue weighted by molar-refractivity contribution is -0.133. The first-order valence-electron chi connectivity index (χ1n) is 12.3. The Morgan fingerprint density at radius 2 is 1.33 bits per heavy atom. The smallest absolute Gasteiger partial charge is 0.253 e. The fraction of sp³-hybridized carbons (Fsp3) is 0.667. The van der Waals surface area contributed by atoms with Crippen LogP contribution in [-0.2, 0) is 14.8 Å². The van der Waals surface area contributed by atoms with Crippen molar-refractivity contribution in [3.8, 4) is 0 Å². The summed E-state index contributed by atoms with van der Waals surface area (Å²) in [4.78, 5) is 31.7. The summed E-state index contributed by atoms with van der Waals surface area (Å²) in [6, 6.07) is 6.46. The molecule has 0 aromatic heterocycles. The molecule has 8 nitrogen and oxygen atoms in total. The number of carbonyl (C=O) groups excluding carboxylic acids is 2. The van der Waals surface area contributed by atoms with Crippen LogP contribution in [0.2, 0.25) is 0 Å². The Morgan fingerprint density at radius 3 is 2.00 bits per heavy atom. The molecule has 0 atom stereocenters. The van der Waals surface area contributed by atoms with Crippen molar-refractivity contribution in [2.45, 2.75) is 49.8 Å². The van der Waals surface area contributed by atoms with Crippen molar-refractivity contribution >= 4 is 21.8 Å². The molecule has 9 heteroatoms. The first kappa shape index (κ1) is 24.2. The fourth-order valence-corrected chi connectivity index (χ4v) is 6.51. The van der Waals surface area contributed by atoms with Gasteiger partial charge in [-0.1, -0.05) is 18.9 Å². The topological polar surface area (TPSA) is 81.2 Å². The third-order valence-corrected chi connectivity index (χ3v) is 8.91. The van der Waals surface area contributed by atoms with E-state index in [1.807, 2.05) is 4.90 Å². The van der Waals surface area contributed by atoms with Crippen molar-refractivity contribution in [2.75, 3.05) is 58.9 Å². The zero-order valence-corrected chi connectivity index (χ0v) is 20.3. The van der Waals surface area contributed by atoms with E-state index in [1.165, 1.54) is 12.5 Å². The normalized spacial score (nSPS) is 21.6. The van der Waals surface area contributed by atoms with Gasteiger partial charge in [-0.2, -0.15) is 4.31 Å². The molecule has 182 valence electrons. The Morgan fingerprint density at radius 1 is 0.727 bits per heavy atom. The Balaban J connectivity index is 1.34. The second-order valence-corrected chi connectivity index (χ2v) is 11.3. The lowest BCUT2D eigenvalue weighted by Crippen LogP contribution is -2.52. The molecule has 0 bridgehead atoms. The van der Waals surface area contributed by atoms with E-state index in [1.54, 1.807) is 27.4 Å². The molecule has 1 aromatic rings. The van der Waals surface area contributed by atoms with Crippen molar-refractivity contribution < 1.29 is 18.0 Å². The van der Waals surface area contributed by atoms with Crippen LogP contribution < -0.4 is 0 Å². The van der Waals surface area contributed by atoms with E-state index in [0.29, 0.717) is 51.4 Å². The SMILES string of the molecule is O=C(CN1CCN(C(=O)c2cccc(S(=O)(=O)N3CCCCCC3)c2)CC1)N1CCCCC1. The molecule has 4 rings (SSSR count). The molecule has 33 heavy (non-hydrogen) atoms. The molecule has 0 N–H and O–H groups in total. The maximum absolute atomic E-state index is 13.1. The second-order valence-electron chi connectivity index (χ2n) is 9.36. The summed E-state index contributed by atoms with van der Waals surface area (Å²) in [5.74, 6) is 0.0332. The van der Waals surface area contributed by atoms with Crippen LogP contribution in [0.15, 0.2) is 29.2 Å². The van der Waals surface area contributed by atoms with Gasteiger partial charge in [0, 0.05) is 57.9 Å². The standard InChI is InChI=1S/C24H36N4O4S/c29-23(26-11-4-3-5-12-26)20-25-15-17-27(18-16-25)24(30)21-9-8-10-22(19-21)33(31,32)28-13-6-1-2-7-14-28/h8-10,19H,1-7,11-18,20H2. The molecule has 0 unspecified atom stereocenters. The lowest BCUT2D eigenvalue weighted by atomic mass is 10.1. The summed E-state index contributed by atoms with van der Waals surface area (Å²) in [6.45, 7) is 5.57. The van der Waals surface area contributed by atoms with Gasteiger partial charge in [0.2, 0.25) is 15.9 Å². The zero-order chi connectivity index (χ0) is 23.3. The van der Waals surface area contributed by atoms with E-state index in [0.717, 1.165) is 51.6 Å². The van der Waals surface area contributed by atoms with E-state index >= 15 is 0 Å². The van der Waals surface area contributed by atoms with E-state index in [4.69, 9.17) is 0 Å². The monoisotopic (exact) mass is 476 g/mol. The molecule has 3 aliphatic rings. The minimum atomic E-state index is -3.59. The fourth-order valence-electron chi connectivity index (χ4n) is 4.95. The van der Waals surface area contributed by atoms with Gasteiger partial charge in [-0.15, -0.1) is 0 Å². The van der Waals surface area contributed by atoms with Gasteiger partial charge in [0.15, 0.2) is 0 Å². The van der Waals surface area contributed by atoms with Crippen LogP contribution in [0.3, 0.4) is 0 Å². The highest BCUT2D eigenvalue weighted by atomic mass is 32.2. The summed E-state index contributed by atoms with van der Waals surface area (Å²) < 4.78 is 27.8. The third kappa shape index (κ3) is 5.94. The summed E-state index contributed by atoms with van der Waals surface area (Å²) in [7, 11) is -3.59. The maximum atomic E-state index is 13.1. The van der Waals surface area contributed by atoms with Gasteiger partial charge in [0.25, 0.3) is 5.91 Å². The number of likely N-dealkylation sites (tertiary alicyclic amines) is 1. The van der Waals surface area contributed by atoms with Crippen molar-refractivity contribution in [3.63, 3.8) is 0 Å². The number of amides is 2. The largest absolute Gasteiger partial charge is 0.342 e. The number of hydrogen-bond acceptors (Lipinski definition) is 5. The molecule has 0 radical (unpaired) electrons. The average Bonchev–Trinajstić information content (AvgIpc) is 3.15. The summed E-state index contributed by atoms with van der Waals surface area (Å²) in [5.41, 5.74) is 0.406. The number of sulfonamides is 1. The van der Waals surface area contributed by atoms with Crippen molar-refractivity contribution in [1.82, 2.24) is 19.0 Å². The van der Waals surface area contributed by atoms with E-state index in [-0.39, 0.29) is 16.7 Å². The van der Waals surface area contributed by atoms with Crippen LogP contribution in [0.5, 0.6) is 0 Å². The Bertz CT molecular complexity index is 930. The third-order valence-electron chi connectivity index (χ3n) is 7.01. The Kier molecular flexibility index (Phi) is 8.03. The van der Waals surface area contributed by atoms with Crippen LogP contribution in [-0.4, -0.2) is 98.1 Å². The van der Waals surface area contributed by atoms with Crippen molar-refractivity contribution in [3.05, 3.63) is 29.8 Å². The molecule has 3 heterocycles. The van der Waals surface area contributed by atoms with Gasteiger partial charge in [-0.05, 0) is 50.3 Å². The van der Waals surface area contributed by atoms with Gasteiger partial charge in [0.1, 0.15) is 0 Å². The van der Waals surface area contributed by atoms with Crippen LogP contribution in [0, 0.1) is 0 Å². The molecular formula is C24H36N4O4S. The molecule has 1 aromatic carbocycles. The quantitative estimate of drug-likeness (QED) is 0.650. The zero-order valence-electron chi connectivity index (χ0n) is 19.5. The number of piperazine rings is 1. The molecule has 3 saturated heterocycles. The molecular weight excluding hydrogens is 440 g/mol. The summed E-state index contributed by atoms with van der Waals surface area (Å²) in [6.07, 6.45) is 7.23. The molecule has 3 fully saturated rings. The minimum Gasteiger partial charge on any atom is -0.342 e. The van der Waals surface area contributed by atoms with Crippen LogP contribution in [0.4, 0.5) is 0 Å². The molecule has 0 spiro atoms. The number of piperidine rings is 1. The highest BCUT2D eigenvalue weighted by Crippen LogP contribution is 2.22. The van der Waals surface area contributed by atoms with E-state index in [9.17, 15) is 18.0 Å². The van der Waals surface area contributed by atoms with Crippen LogP contribution in [0.1, 0.15) is 55.3 Å². The average molecular weight is 477 g/mol. The number of carbonyl (C=O) groups is 2. The highest BCUT2D eigenvalue weighted by Gasteiger charge is 2.28. The second kappa shape index (κ2) is 11.0. The van der Waals surface area contributed by atoms with Crippen molar-refractivity contribution in [2.24, 2.45) is 0 Å². The highest BCUT2D eigenvalue weighted by molar-refractivity contribution is 7.89. The Hall–Kier alpha value is -1.97. The minimum absolute atomic E-state index is 0.148. The van der Waals surface area contributed by atoms with Gasteiger partial charge in [-0.3, -0.25) is 14.5 Å². The molecule has 2 amide bonds.